The highest BCUT2D eigenvalue weighted by Gasteiger charge is 2.43. The van der Waals surface area contributed by atoms with Gasteiger partial charge in [0.2, 0.25) is 5.78 Å². The molecular formula is C20H21N9O2. The number of carbonyl (C=O) groups is 1. The number of Topliss-reactive ketones (excluding diaryl/α,β-unsaturated/α-hetero) is 1. The summed E-state index contributed by atoms with van der Waals surface area (Å²) in [6.07, 6.45) is 8.16. The predicted molar refractivity (Wildman–Crippen MR) is 111 cm³/mol. The molecule has 0 aromatic carbocycles. The molecule has 1 unspecified atom stereocenters. The Balaban J connectivity index is 1.60. The van der Waals surface area contributed by atoms with Gasteiger partial charge in [0.1, 0.15) is 35.5 Å². The minimum Gasteiger partial charge on any atom is -0.451 e. The molecule has 0 bridgehead atoms. The standard InChI is InChI=1S/C20H21N9O2/c1-3-29-18(13-6-22-12(2)23-7-13)27-15-17(24-10-25-19(15)29)28-20(4-5-21-9-20)16(30)14-8-31-11-26-14/h6-8,10-11,21H,3-5,9H2,1-2H3,(H,24,25,28). The molecule has 0 spiro atoms. The van der Waals surface area contributed by atoms with E-state index in [1.165, 1.54) is 19.0 Å². The van der Waals surface area contributed by atoms with E-state index in [0.717, 1.165) is 5.56 Å². The summed E-state index contributed by atoms with van der Waals surface area (Å²) in [7, 11) is 0. The second kappa shape index (κ2) is 7.51. The smallest absolute Gasteiger partial charge is 0.211 e. The van der Waals surface area contributed by atoms with Gasteiger partial charge in [-0.2, -0.15) is 0 Å². The fourth-order valence-electron chi connectivity index (χ4n) is 3.90. The van der Waals surface area contributed by atoms with E-state index in [-0.39, 0.29) is 11.5 Å². The molecule has 11 nitrogen and oxygen atoms in total. The van der Waals surface area contributed by atoms with Crippen LogP contribution in [0.25, 0.3) is 22.6 Å². The zero-order valence-electron chi connectivity index (χ0n) is 17.2. The van der Waals surface area contributed by atoms with Crippen LogP contribution >= 0.6 is 0 Å². The average molecular weight is 419 g/mol. The summed E-state index contributed by atoms with van der Waals surface area (Å²) in [5.41, 5.74) is 1.41. The van der Waals surface area contributed by atoms with Crippen molar-refractivity contribution in [3.8, 4) is 11.4 Å². The third kappa shape index (κ3) is 3.22. The number of oxazole rings is 1. The van der Waals surface area contributed by atoms with Crippen molar-refractivity contribution < 1.29 is 9.21 Å². The highest BCUT2D eigenvalue weighted by atomic mass is 16.3. The lowest BCUT2D eigenvalue weighted by Crippen LogP contribution is -2.48. The average Bonchev–Trinajstić information content (AvgIpc) is 3.54. The Morgan fingerprint density at radius 1 is 1.26 bits per heavy atom. The van der Waals surface area contributed by atoms with Crippen molar-refractivity contribution in [1.82, 2.24) is 39.8 Å². The number of ketones is 1. The molecule has 1 atom stereocenters. The van der Waals surface area contributed by atoms with E-state index in [4.69, 9.17) is 9.40 Å². The van der Waals surface area contributed by atoms with Crippen LogP contribution in [0.5, 0.6) is 0 Å². The number of hydrogen-bond donors (Lipinski definition) is 2. The minimum atomic E-state index is -0.902. The summed E-state index contributed by atoms with van der Waals surface area (Å²) in [5.74, 6) is 1.72. The molecule has 4 aromatic heterocycles. The Labute approximate surface area is 177 Å². The van der Waals surface area contributed by atoms with Crippen LogP contribution in [0.1, 0.15) is 29.7 Å². The second-order valence-corrected chi connectivity index (χ2v) is 7.43. The highest BCUT2D eigenvalue weighted by Crippen LogP contribution is 2.30. The van der Waals surface area contributed by atoms with Crippen LogP contribution in [-0.2, 0) is 6.54 Å². The number of rotatable bonds is 6. The molecule has 1 fully saturated rings. The van der Waals surface area contributed by atoms with Crippen LogP contribution in [0.15, 0.2) is 35.8 Å². The van der Waals surface area contributed by atoms with E-state index in [9.17, 15) is 4.79 Å². The van der Waals surface area contributed by atoms with Crippen LogP contribution in [0, 0.1) is 6.92 Å². The molecule has 5 heterocycles. The molecule has 2 N–H and O–H groups in total. The first-order valence-corrected chi connectivity index (χ1v) is 10.0. The second-order valence-electron chi connectivity index (χ2n) is 7.43. The summed E-state index contributed by atoms with van der Waals surface area (Å²) in [4.78, 5) is 39.5. The fraction of sp³-hybridized carbons (Fsp3) is 0.350. The molecule has 31 heavy (non-hydrogen) atoms. The van der Waals surface area contributed by atoms with Gasteiger partial charge >= 0.3 is 0 Å². The van der Waals surface area contributed by atoms with Crippen molar-refractivity contribution in [2.45, 2.75) is 32.4 Å². The van der Waals surface area contributed by atoms with Crippen molar-refractivity contribution >= 4 is 22.8 Å². The summed E-state index contributed by atoms with van der Waals surface area (Å²) < 4.78 is 7.00. The van der Waals surface area contributed by atoms with Crippen LogP contribution in [0.3, 0.4) is 0 Å². The summed E-state index contributed by atoms with van der Waals surface area (Å²) in [5, 5.41) is 6.61. The first-order chi connectivity index (χ1) is 15.1. The lowest BCUT2D eigenvalue weighted by molar-refractivity contribution is 0.0911. The molecule has 0 amide bonds. The molecule has 1 aliphatic rings. The number of anilines is 1. The molecule has 0 saturated carbocycles. The zero-order chi connectivity index (χ0) is 21.4. The van der Waals surface area contributed by atoms with E-state index >= 15 is 0 Å². The van der Waals surface area contributed by atoms with Gasteiger partial charge in [-0.25, -0.2) is 29.9 Å². The van der Waals surface area contributed by atoms with Crippen LogP contribution in [0.2, 0.25) is 0 Å². The van der Waals surface area contributed by atoms with Crippen LogP contribution < -0.4 is 10.6 Å². The van der Waals surface area contributed by atoms with Crippen molar-refractivity contribution in [2.24, 2.45) is 0 Å². The quantitative estimate of drug-likeness (QED) is 0.444. The SMILES string of the molecule is CCn1c(-c2cnc(C)nc2)nc2c(NC3(C(=O)c4cocn4)CCNC3)ncnc21. The van der Waals surface area contributed by atoms with E-state index in [1.807, 2.05) is 18.4 Å². The Hall–Kier alpha value is -3.73. The maximum absolute atomic E-state index is 13.2. The Bertz CT molecular complexity index is 1230. The van der Waals surface area contributed by atoms with Crippen molar-refractivity contribution in [1.29, 1.82) is 0 Å². The van der Waals surface area contributed by atoms with E-state index < -0.39 is 5.54 Å². The molecule has 0 aliphatic carbocycles. The molecule has 11 heteroatoms. The summed E-state index contributed by atoms with van der Waals surface area (Å²) >= 11 is 0. The van der Waals surface area contributed by atoms with E-state index in [0.29, 0.717) is 54.7 Å². The molecule has 158 valence electrons. The Morgan fingerprint density at radius 2 is 2.10 bits per heavy atom. The molecule has 4 aromatic rings. The molecule has 1 saturated heterocycles. The first kappa shape index (κ1) is 19.2. The normalized spacial score (nSPS) is 18.5. The maximum Gasteiger partial charge on any atom is 0.211 e. The fourth-order valence-corrected chi connectivity index (χ4v) is 3.90. The van der Waals surface area contributed by atoms with Gasteiger partial charge in [-0.15, -0.1) is 0 Å². The summed E-state index contributed by atoms with van der Waals surface area (Å²) in [6.45, 7) is 5.64. The highest BCUT2D eigenvalue weighted by molar-refractivity contribution is 6.04. The Morgan fingerprint density at radius 3 is 2.77 bits per heavy atom. The Kier molecular flexibility index (Phi) is 4.66. The van der Waals surface area contributed by atoms with Crippen LogP contribution in [-0.4, -0.2) is 58.9 Å². The number of nitrogens with one attached hydrogen (secondary N) is 2. The number of aromatic nitrogens is 7. The van der Waals surface area contributed by atoms with Crippen LogP contribution in [0.4, 0.5) is 5.82 Å². The third-order valence-corrected chi connectivity index (χ3v) is 5.50. The van der Waals surface area contributed by atoms with Gasteiger partial charge in [-0.1, -0.05) is 0 Å². The van der Waals surface area contributed by atoms with Gasteiger partial charge in [0.05, 0.1) is 5.56 Å². The predicted octanol–water partition coefficient (Wildman–Crippen LogP) is 1.63. The van der Waals surface area contributed by atoms with E-state index in [1.54, 1.807) is 12.4 Å². The lowest BCUT2D eigenvalue weighted by Gasteiger charge is -2.27. The summed E-state index contributed by atoms with van der Waals surface area (Å²) in [6, 6.07) is 0. The number of fused-ring (bicyclic) bond motifs is 1. The number of nitrogens with zero attached hydrogens (tertiary/aromatic N) is 7. The third-order valence-electron chi connectivity index (χ3n) is 5.50. The van der Waals surface area contributed by atoms with Crippen molar-refractivity contribution in [3.05, 3.63) is 42.9 Å². The number of hydrogen-bond acceptors (Lipinski definition) is 10. The first-order valence-electron chi connectivity index (χ1n) is 10.0. The molecular weight excluding hydrogens is 398 g/mol. The van der Waals surface area contributed by atoms with Gasteiger partial charge in [-0.3, -0.25) is 4.79 Å². The van der Waals surface area contributed by atoms with Gasteiger partial charge < -0.3 is 19.6 Å². The molecule has 0 radical (unpaired) electrons. The zero-order valence-corrected chi connectivity index (χ0v) is 17.2. The monoisotopic (exact) mass is 419 g/mol. The largest absolute Gasteiger partial charge is 0.451 e. The van der Waals surface area contributed by atoms with Gasteiger partial charge in [-0.05, 0) is 26.8 Å². The molecule has 1 aliphatic heterocycles. The van der Waals surface area contributed by atoms with Crippen molar-refractivity contribution in [2.75, 3.05) is 18.4 Å². The van der Waals surface area contributed by atoms with E-state index in [2.05, 4.69) is 35.6 Å². The number of aryl methyl sites for hydroxylation is 2. The minimum absolute atomic E-state index is 0.153. The van der Waals surface area contributed by atoms with Gasteiger partial charge in [0, 0.05) is 25.5 Å². The number of carbonyl (C=O) groups excluding carboxylic acids is 1. The van der Waals surface area contributed by atoms with Crippen molar-refractivity contribution in [3.63, 3.8) is 0 Å². The molecule has 5 rings (SSSR count). The van der Waals surface area contributed by atoms with Gasteiger partial charge in [0.15, 0.2) is 23.4 Å². The maximum atomic E-state index is 13.2. The topological polar surface area (TPSA) is 137 Å². The lowest BCUT2D eigenvalue weighted by atomic mass is 9.91. The number of imidazole rings is 1. The van der Waals surface area contributed by atoms with Gasteiger partial charge in [0.25, 0.3) is 0 Å².